The van der Waals surface area contributed by atoms with Crippen molar-refractivity contribution in [1.82, 2.24) is 15.4 Å². The van der Waals surface area contributed by atoms with Crippen LogP contribution >= 0.6 is 11.3 Å². The van der Waals surface area contributed by atoms with Crippen LogP contribution in [0.25, 0.3) is 10.2 Å². The van der Waals surface area contributed by atoms with Crippen LogP contribution in [-0.2, 0) is 11.2 Å². The molecule has 2 rings (SSSR count). The van der Waals surface area contributed by atoms with E-state index < -0.39 is 0 Å². The number of hydrazine groups is 1. The van der Waals surface area contributed by atoms with E-state index in [4.69, 9.17) is 0 Å². The van der Waals surface area contributed by atoms with Gasteiger partial charge in [-0.15, -0.1) is 11.3 Å². The van der Waals surface area contributed by atoms with Crippen molar-refractivity contribution in [3.8, 4) is 0 Å². The lowest BCUT2D eigenvalue weighted by atomic mass is 10.2. The van der Waals surface area contributed by atoms with Crippen LogP contribution in [-0.4, -0.2) is 29.5 Å². The van der Waals surface area contributed by atoms with Crippen LogP contribution in [0.4, 0.5) is 0 Å². The Bertz CT molecular complexity index is 519. The van der Waals surface area contributed by atoms with Gasteiger partial charge < -0.3 is 0 Å². The summed E-state index contributed by atoms with van der Waals surface area (Å²) >= 11 is 1.71. The van der Waals surface area contributed by atoms with E-state index in [1.807, 2.05) is 32.2 Å². The van der Waals surface area contributed by atoms with Gasteiger partial charge in [0.1, 0.15) is 0 Å². The summed E-state index contributed by atoms with van der Waals surface area (Å²) < 4.78 is 1.22. The van der Waals surface area contributed by atoms with E-state index in [0.29, 0.717) is 6.42 Å². The highest BCUT2D eigenvalue weighted by atomic mass is 32.1. The van der Waals surface area contributed by atoms with Crippen LogP contribution in [0.2, 0.25) is 0 Å². The molecule has 1 amide bonds. The van der Waals surface area contributed by atoms with Crippen LogP contribution < -0.4 is 5.43 Å². The minimum atomic E-state index is 0.0745. The fourth-order valence-corrected chi connectivity index (χ4v) is 2.78. The number of amides is 1. The Hall–Kier alpha value is -1.46. The van der Waals surface area contributed by atoms with E-state index in [0.717, 1.165) is 29.9 Å². The third-order valence-corrected chi connectivity index (χ3v) is 4.02. The molecule has 1 aromatic carbocycles. The number of hydrogen-bond acceptors (Lipinski definition) is 4. The second kappa shape index (κ2) is 6.63. The molecule has 0 aliphatic carbocycles. The maximum atomic E-state index is 11.6. The van der Waals surface area contributed by atoms with E-state index in [9.17, 15) is 4.79 Å². The molecule has 102 valence electrons. The maximum absolute atomic E-state index is 11.6. The molecular formula is C14H19N3OS. The first-order chi connectivity index (χ1) is 9.19. The van der Waals surface area contributed by atoms with Crippen molar-refractivity contribution in [3.05, 3.63) is 29.3 Å². The van der Waals surface area contributed by atoms with Crippen molar-refractivity contribution < 1.29 is 4.79 Å². The summed E-state index contributed by atoms with van der Waals surface area (Å²) in [5, 5.41) is 2.90. The number of carbonyl (C=O) groups excluding carboxylic acids is 1. The molecule has 0 spiro atoms. The number of para-hydroxylation sites is 1. The number of hydrogen-bond donors (Lipinski definition) is 1. The molecule has 1 N–H and O–H groups in total. The van der Waals surface area contributed by atoms with Gasteiger partial charge in [-0.25, -0.2) is 9.99 Å². The third kappa shape index (κ3) is 4.01. The molecule has 5 heteroatoms. The molecule has 0 atom stereocenters. The van der Waals surface area contributed by atoms with Gasteiger partial charge in [0, 0.05) is 20.0 Å². The fraction of sp³-hybridized carbons (Fsp3) is 0.429. The van der Waals surface area contributed by atoms with E-state index in [1.165, 1.54) is 4.70 Å². The zero-order valence-electron chi connectivity index (χ0n) is 11.3. The Kier molecular flexibility index (Phi) is 4.87. The Balaban J connectivity index is 1.81. The number of aromatic nitrogens is 1. The largest absolute Gasteiger partial charge is 0.289 e. The standard InChI is InChI=1S/C14H19N3OS/c1-3-17(2)16-13(18)9-6-10-14-15-11-7-4-5-8-12(11)19-14/h4-5,7-8H,3,6,9-10H2,1-2H3,(H,16,18). The molecule has 4 nitrogen and oxygen atoms in total. The van der Waals surface area contributed by atoms with E-state index in [-0.39, 0.29) is 5.91 Å². The van der Waals surface area contributed by atoms with Gasteiger partial charge in [-0.1, -0.05) is 19.1 Å². The Labute approximate surface area is 117 Å². The van der Waals surface area contributed by atoms with Gasteiger partial charge in [0.05, 0.1) is 15.2 Å². The Morgan fingerprint density at radius 1 is 1.42 bits per heavy atom. The van der Waals surface area contributed by atoms with Crippen molar-refractivity contribution in [2.24, 2.45) is 0 Å². The molecule has 0 saturated carbocycles. The first kappa shape index (κ1) is 14.0. The molecule has 0 unspecified atom stereocenters. The zero-order chi connectivity index (χ0) is 13.7. The molecule has 0 fully saturated rings. The summed E-state index contributed by atoms with van der Waals surface area (Å²) in [7, 11) is 1.87. The quantitative estimate of drug-likeness (QED) is 0.826. The van der Waals surface area contributed by atoms with Crippen molar-refractivity contribution >= 4 is 27.5 Å². The van der Waals surface area contributed by atoms with Gasteiger partial charge >= 0.3 is 0 Å². The Morgan fingerprint density at radius 3 is 2.95 bits per heavy atom. The molecule has 2 aromatic rings. The van der Waals surface area contributed by atoms with Gasteiger partial charge in [0.15, 0.2) is 0 Å². The number of thiazole rings is 1. The minimum absolute atomic E-state index is 0.0745. The van der Waals surface area contributed by atoms with Crippen molar-refractivity contribution in [2.45, 2.75) is 26.2 Å². The number of nitrogens with zero attached hydrogens (tertiary/aromatic N) is 2. The van der Waals surface area contributed by atoms with E-state index in [1.54, 1.807) is 16.3 Å². The highest BCUT2D eigenvalue weighted by Gasteiger charge is 2.06. The van der Waals surface area contributed by atoms with Gasteiger partial charge in [-0.3, -0.25) is 10.2 Å². The number of fused-ring (bicyclic) bond motifs is 1. The highest BCUT2D eigenvalue weighted by molar-refractivity contribution is 7.18. The lowest BCUT2D eigenvalue weighted by molar-refractivity contribution is -0.125. The van der Waals surface area contributed by atoms with Crippen LogP contribution in [0.15, 0.2) is 24.3 Å². The smallest absolute Gasteiger partial charge is 0.234 e. The number of aryl methyl sites for hydroxylation is 1. The lowest BCUT2D eigenvalue weighted by Crippen LogP contribution is -2.38. The monoisotopic (exact) mass is 277 g/mol. The fourth-order valence-electron chi connectivity index (χ4n) is 1.77. The van der Waals surface area contributed by atoms with Crippen molar-refractivity contribution in [1.29, 1.82) is 0 Å². The normalized spacial score (nSPS) is 11.1. The molecule has 1 aromatic heterocycles. The molecule has 0 radical (unpaired) electrons. The molecular weight excluding hydrogens is 258 g/mol. The van der Waals surface area contributed by atoms with Gasteiger partial charge in [-0.2, -0.15) is 0 Å². The topological polar surface area (TPSA) is 45.2 Å². The highest BCUT2D eigenvalue weighted by Crippen LogP contribution is 2.22. The predicted molar refractivity (Wildman–Crippen MR) is 79.0 cm³/mol. The van der Waals surface area contributed by atoms with Gasteiger partial charge in [-0.05, 0) is 25.0 Å². The molecule has 0 bridgehead atoms. The Morgan fingerprint density at radius 2 is 2.21 bits per heavy atom. The van der Waals surface area contributed by atoms with Crippen LogP contribution in [0, 0.1) is 0 Å². The van der Waals surface area contributed by atoms with Gasteiger partial charge in [0.2, 0.25) is 5.91 Å². The second-order valence-corrected chi connectivity index (χ2v) is 5.59. The van der Waals surface area contributed by atoms with E-state index in [2.05, 4.69) is 16.5 Å². The maximum Gasteiger partial charge on any atom is 0.234 e. The molecule has 19 heavy (non-hydrogen) atoms. The van der Waals surface area contributed by atoms with Crippen LogP contribution in [0.5, 0.6) is 0 Å². The SMILES string of the molecule is CCN(C)NC(=O)CCCc1nc2ccccc2s1. The number of nitrogens with one attached hydrogen (secondary N) is 1. The summed E-state index contributed by atoms with van der Waals surface area (Å²) in [4.78, 5) is 16.2. The summed E-state index contributed by atoms with van der Waals surface area (Å²) in [6, 6.07) is 8.13. The van der Waals surface area contributed by atoms with Crippen LogP contribution in [0.1, 0.15) is 24.8 Å². The third-order valence-electron chi connectivity index (χ3n) is 2.92. The molecule has 0 aliphatic heterocycles. The minimum Gasteiger partial charge on any atom is -0.289 e. The summed E-state index contributed by atoms with van der Waals surface area (Å²) in [6.07, 6.45) is 2.24. The second-order valence-electron chi connectivity index (χ2n) is 4.48. The van der Waals surface area contributed by atoms with Crippen LogP contribution in [0.3, 0.4) is 0 Å². The summed E-state index contributed by atoms with van der Waals surface area (Å²) in [5.74, 6) is 0.0745. The zero-order valence-corrected chi connectivity index (χ0v) is 12.2. The molecule has 0 saturated heterocycles. The number of benzene rings is 1. The first-order valence-electron chi connectivity index (χ1n) is 6.54. The lowest BCUT2D eigenvalue weighted by Gasteiger charge is -2.14. The predicted octanol–water partition coefficient (Wildman–Crippen LogP) is 2.60. The summed E-state index contributed by atoms with van der Waals surface area (Å²) in [6.45, 7) is 2.81. The van der Waals surface area contributed by atoms with Gasteiger partial charge in [0.25, 0.3) is 0 Å². The molecule has 1 heterocycles. The first-order valence-corrected chi connectivity index (χ1v) is 7.35. The number of rotatable bonds is 6. The van der Waals surface area contributed by atoms with E-state index >= 15 is 0 Å². The molecule has 0 aliphatic rings. The van der Waals surface area contributed by atoms with Crippen molar-refractivity contribution in [2.75, 3.05) is 13.6 Å². The van der Waals surface area contributed by atoms with Crippen molar-refractivity contribution in [3.63, 3.8) is 0 Å². The number of carbonyl (C=O) groups is 1. The average Bonchev–Trinajstić information content (AvgIpc) is 2.81. The summed E-state index contributed by atoms with van der Waals surface area (Å²) in [5.41, 5.74) is 3.87. The average molecular weight is 277 g/mol.